The number of hydrogen-bond donors (Lipinski definition) is 3. The summed E-state index contributed by atoms with van der Waals surface area (Å²) in [5.41, 5.74) is -3.52. The minimum absolute atomic E-state index is 0.0860. The average Bonchev–Trinajstić information content (AvgIpc) is 3.47. The van der Waals surface area contributed by atoms with E-state index in [4.69, 9.17) is 4.52 Å². The van der Waals surface area contributed by atoms with Crippen LogP contribution in [0, 0.1) is 11.2 Å². The number of hydrogen-bond acceptors (Lipinski definition) is 9. The van der Waals surface area contributed by atoms with Crippen molar-refractivity contribution < 1.29 is 54.3 Å². The first-order valence-electron chi connectivity index (χ1n) is 11.3. The molecule has 2 aromatic heterocycles. The van der Waals surface area contributed by atoms with Crippen molar-refractivity contribution in [2.45, 2.75) is 63.8 Å². The summed E-state index contributed by atoms with van der Waals surface area (Å²) in [6, 6.07) is -1.29. The van der Waals surface area contributed by atoms with E-state index in [1.165, 1.54) is 18.6 Å². The monoisotopic (exact) mass is 616 g/mol. The molecule has 220 valence electrons. The van der Waals surface area contributed by atoms with Crippen molar-refractivity contribution in [1.82, 2.24) is 19.8 Å². The van der Waals surface area contributed by atoms with Gasteiger partial charge in [-0.25, -0.2) is 26.6 Å². The van der Waals surface area contributed by atoms with E-state index in [2.05, 4.69) is 15.1 Å². The summed E-state index contributed by atoms with van der Waals surface area (Å²) < 4.78 is 114. The molecule has 0 saturated heterocycles. The van der Waals surface area contributed by atoms with Gasteiger partial charge in [-0.15, -0.1) is 11.3 Å². The molecule has 2 heterocycles. The number of nitrogens with one attached hydrogen (secondary N) is 1. The quantitative estimate of drug-likeness (QED) is 0.260. The maximum Gasteiger partial charge on any atom is 0.404 e. The van der Waals surface area contributed by atoms with Crippen LogP contribution in [0.4, 0.5) is 26.3 Å². The van der Waals surface area contributed by atoms with Crippen molar-refractivity contribution >= 4 is 27.3 Å². The van der Waals surface area contributed by atoms with E-state index >= 15 is 4.39 Å². The van der Waals surface area contributed by atoms with Gasteiger partial charge in [-0.3, -0.25) is 4.79 Å². The number of carboxylic acid groups (broad SMARTS) is 1. The largest absolute Gasteiger partial charge is 0.481 e. The van der Waals surface area contributed by atoms with E-state index in [0.717, 1.165) is 13.0 Å². The van der Waals surface area contributed by atoms with Crippen LogP contribution in [0.5, 0.6) is 0 Å². The molecule has 18 heteroatoms. The van der Waals surface area contributed by atoms with Crippen molar-refractivity contribution in [2.24, 2.45) is 5.41 Å². The fourth-order valence-electron chi connectivity index (χ4n) is 3.46. The second-order valence-corrected chi connectivity index (χ2v) is 11.8. The van der Waals surface area contributed by atoms with E-state index in [1.54, 1.807) is 0 Å². The SMILES string of the molecule is CC[C@H](NS(=O)(=O)c1ccc(-c2sc(-c3noc(CC(C)(C)C(=O)O)n3)nc2CO)c(C(F)F)c1F)C(F)(F)F. The second kappa shape index (κ2) is 11.4. The van der Waals surface area contributed by atoms with Crippen molar-refractivity contribution in [3.05, 3.63) is 35.1 Å². The molecule has 0 amide bonds. The molecule has 40 heavy (non-hydrogen) atoms. The normalized spacial score (nSPS) is 13.7. The van der Waals surface area contributed by atoms with Crippen LogP contribution in [-0.2, 0) is 27.8 Å². The highest BCUT2D eigenvalue weighted by Crippen LogP contribution is 2.42. The van der Waals surface area contributed by atoms with Gasteiger partial charge in [-0.2, -0.15) is 22.9 Å². The summed E-state index contributed by atoms with van der Waals surface area (Å²) in [5.74, 6) is -3.40. The highest BCUT2D eigenvalue weighted by molar-refractivity contribution is 7.89. The molecular weight excluding hydrogens is 594 g/mol. The highest BCUT2D eigenvalue weighted by Gasteiger charge is 2.42. The Labute approximate surface area is 227 Å². The Morgan fingerprint density at radius 2 is 1.85 bits per heavy atom. The van der Waals surface area contributed by atoms with Crippen LogP contribution >= 0.6 is 11.3 Å². The topological polar surface area (TPSA) is 156 Å². The number of carbonyl (C=O) groups is 1. The fraction of sp³-hybridized carbons (Fsp3) is 0.455. The predicted octanol–water partition coefficient (Wildman–Crippen LogP) is 4.70. The Kier molecular flexibility index (Phi) is 8.97. The van der Waals surface area contributed by atoms with Gasteiger partial charge in [-0.1, -0.05) is 18.1 Å². The van der Waals surface area contributed by atoms with Crippen molar-refractivity contribution in [1.29, 1.82) is 0 Å². The van der Waals surface area contributed by atoms with Gasteiger partial charge in [0.1, 0.15) is 10.9 Å². The molecule has 0 bridgehead atoms. The minimum atomic E-state index is -5.23. The lowest BCUT2D eigenvalue weighted by Crippen LogP contribution is -2.45. The molecule has 1 aromatic carbocycles. The molecular formula is C22H22F6N4O6S2. The summed E-state index contributed by atoms with van der Waals surface area (Å²) in [5, 5.41) is 22.6. The molecule has 3 aromatic rings. The van der Waals surface area contributed by atoms with Crippen LogP contribution in [0.3, 0.4) is 0 Å². The fourth-order valence-corrected chi connectivity index (χ4v) is 5.89. The molecule has 0 saturated carbocycles. The third-order valence-electron chi connectivity index (χ3n) is 5.68. The maximum atomic E-state index is 15.3. The third kappa shape index (κ3) is 6.45. The first kappa shape index (κ1) is 31.4. The van der Waals surface area contributed by atoms with Crippen LogP contribution in [-0.4, -0.2) is 51.9 Å². The number of aliphatic hydroxyl groups excluding tert-OH is 1. The smallest absolute Gasteiger partial charge is 0.404 e. The lowest BCUT2D eigenvalue weighted by Gasteiger charge is -2.21. The second-order valence-electron chi connectivity index (χ2n) is 9.09. The Hall–Kier alpha value is -3.09. The Bertz CT molecular complexity index is 1500. The minimum Gasteiger partial charge on any atom is -0.481 e. The molecule has 0 unspecified atom stereocenters. The van der Waals surface area contributed by atoms with Gasteiger partial charge in [0, 0.05) is 12.0 Å². The van der Waals surface area contributed by atoms with Crippen LogP contribution in [0.25, 0.3) is 21.3 Å². The van der Waals surface area contributed by atoms with Gasteiger partial charge in [-0.05, 0) is 26.3 Å². The Morgan fingerprint density at radius 1 is 1.20 bits per heavy atom. The number of benzene rings is 1. The van der Waals surface area contributed by atoms with Gasteiger partial charge in [0.15, 0.2) is 10.8 Å². The number of nitrogens with zero attached hydrogens (tertiary/aromatic N) is 3. The molecule has 0 fully saturated rings. The molecule has 0 aliphatic carbocycles. The number of aliphatic hydroxyl groups is 1. The number of aliphatic carboxylic acids is 1. The molecule has 10 nitrogen and oxygen atoms in total. The molecule has 0 spiro atoms. The van der Waals surface area contributed by atoms with Crippen molar-refractivity contribution in [3.63, 3.8) is 0 Å². The highest BCUT2D eigenvalue weighted by atomic mass is 32.2. The number of rotatable bonds is 11. The zero-order valence-corrected chi connectivity index (χ0v) is 22.5. The van der Waals surface area contributed by atoms with Crippen LogP contribution < -0.4 is 4.72 Å². The number of sulfonamides is 1. The van der Waals surface area contributed by atoms with Gasteiger partial charge in [0.2, 0.25) is 21.7 Å². The third-order valence-corrected chi connectivity index (χ3v) is 8.29. The summed E-state index contributed by atoms with van der Waals surface area (Å²) in [6.07, 6.45) is -9.55. The van der Waals surface area contributed by atoms with E-state index in [-0.39, 0.29) is 33.7 Å². The lowest BCUT2D eigenvalue weighted by molar-refractivity contribution is -0.151. The molecule has 3 rings (SSSR count). The zero-order chi connectivity index (χ0) is 30.2. The van der Waals surface area contributed by atoms with Crippen LogP contribution in [0.15, 0.2) is 21.6 Å². The molecule has 0 aliphatic heterocycles. The van der Waals surface area contributed by atoms with Crippen molar-refractivity contribution in [2.75, 3.05) is 0 Å². The number of halogens is 6. The number of thiazole rings is 1. The lowest BCUT2D eigenvalue weighted by atomic mass is 9.90. The Morgan fingerprint density at radius 3 is 2.38 bits per heavy atom. The van der Waals surface area contributed by atoms with Gasteiger partial charge in [0.25, 0.3) is 6.43 Å². The van der Waals surface area contributed by atoms with Crippen LogP contribution in [0.1, 0.15) is 50.8 Å². The van der Waals surface area contributed by atoms with Crippen LogP contribution in [0.2, 0.25) is 0 Å². The maximum absolute atomic E-state index is 15.3. The molecule has 3 N–H and O–H groups in total. The first-order chi connectivity index (χ1) is 18.4. The van der Waals surface area contributed by atoms with E-state index < -0.39 is 74.9 Å². The van der Waals surface area contributed by atoms with E-state index in [9.17, 15) is 45.4 Å². The standard InChI is InChI=1S/C22H22F6N4O6S2/c1-4-12(22(26,27)28)32-40(36,37)11-6-5-9(14(15(11)23)17(24)25)16-10(8-33)29-19(39-16)18-30-13(38-31-18)7-21(2,3)20(34)35/h5-6,12,17,32-33H,4,7-8H2,1-3H3,(H,34,35)/t12-/m0/s1. The number of aromatic nitrogens is 3. The predicted molar refractivity (Wildman–Crippen MR) is 127 cm³/mol. The summed E-state index contributed by atoms with van der Waals surface area (Å²) in [6.45, 7) is 3.02. The van der Waals surface area contributed by atoms with Crippen molar-refractivity contribution in [3.8, 4) is 21.3 Å². The van der Waals surface area contributed by atoms with Gasteiger partial charge >= 0.3 is 12.1 Å². The number of alkyl halides is 5. The Balaban J connectivity index is 2.08. The van der Waals surface area contributed by atoms with E-state index in [0.29, 0.717) is 17.4 Å². The van der Waals surface area contributed by atoms with Gasteiger partial charge in [0.05, 0.1) is 28.2 Å². The molecule has 1 atom stereocenters. The molecule has 0 aliphatic rings. The average molecular weight is 617 g/mol. The summed E-state index contributed by atoms with van der Waals surface area (Å²) in [4.78, 5) is 17.8. The first-order valence-corrected chi connectivity index (χ1v) is 13.6. The molecule has 0 radical (unpaired) electrons. The van der Waals surface area contributed by atoms with E-state index in [1.807, 2.05) is 0 Å². The summed E-state index contributed by atoms with van der Waals surface area (Å²) >= 11 is 0.613. The summed E-state index contributed by atoms with van der Waals surface area (Å²) in [7, 11) is -5.23. The number of carboxylic acids is 1. The van der Waals surface area contributed by atoms with Gasteiger partial charge < -0.3 is 14.7 Å². The zero-order valence-electron chi connectivity index (χ0n) is 20.9.